The Hall–Kier alpha value is -1.32. The molecule has 0 aliphatic carbocycles. The molecule has 1 unspecified atom stereocenters. The number of hydrogen-bond donors (Lipinski definition) is 1. The number of nitrogens with two attached hydrogens (primary N) is 1. The Bertz CT molecular complexity index is 552. The average Bonchev–Trinajstić information content (AvgIpc) is 2.31. The summed E-state index contributed by atoms with van der Waals surface area (Å²) in [6, 6.07) is 13.8. The van der Waals surface area contributed by atoms with Crippen LogP contribution in [-0.4, -0.2) is 0 Å². The van der Waals surface area contributed by atoms with Gasteiger partial charge in [-0.1, -0.05) is 28.1 Å². The highest BCUT2D eigenvalue weighted by Crippen LogP contribution is 2.31. The van der Waals surface area contributed by atoms with Crippen LogP contribution in [0.1, 0.15) is 24.1 Å². The Morgan fingerprint density at radius 2 is 1.94 bits per heavy atom. The molecule has 0 aliphatic heterocycles. The fourth-order valence-corrected chi connectivity index (χ4v) is 2.15. The number of benzene rings is 2. The molecular formula is C15H16BrNO. The van der Waals surface area contributed by atoms with Gasteiger partial charge < -0.3 is 10.5 Å². The highest BCUT2D eigenvalue weighted by atomic mass is 79.9. The summed E-state index contributed by atoms with van der Waals surface area (Å²) < 4.78 is 6.91. The van der Waals surface area contributed by atoms with E-state index in [1.54, 1.807) is 0 Å². The van der Waals surface area contributed by atoms with Gasteiger partial charge in [0.05, 0.1) is 0 Å². The van der Waals surface area contributed by atoms with Crippen molar-refractivity contribution in [1.82, 2.24) is 0 Å². The Morgan fingerprint density at radius 3 is 2.61 bits per heavy atom. The van der Waals surface area contributed by atoms with Crippen molar-refractivity contribution in [2.75, 3.05) is 0 Å². The minimum absolute atomic E-state index is 0.0673. The van der Waals surface area contributed by atoms with Crippen LogP contribution in [0.2, 0.25) is 0 Å². The van der Waals surface area contributed by atoms with E-state index < -0.39 is 0 Å². The maximum absolute atomic E-state index is 5.97. The lowest BCUT2D eigenvalue weighted by atomic mass is 10.1. The number of aryl methyl sites for hydroxylation is 1. The maximum atomic E-state index is 5.97. The number of halogens is 1. The predicted molar refractivity (Wildman–Crippen MR) is 78.0 cm³/mol. The zero-order valence-electron chi connectivity index (χ0n) is 10.5. The molecule has 0 aliphatic rings. The van der Waals surface area contributed by atoms with Crippen LogP contribution in [0.5, 0.6) is 11.5 Å². The first-order valence-corrected chi connectivity index (χ1v) is 6.65. The van der Waals surface area contributed by atoms with Gasteiger partial charge in [-0.3, -0.25) is 0 Å². The van der Waals surface area contributed by atoms with Gasteiger partial charge in [0.25, 0.3) is 0 Å². The molecule has 2 nitrogen and oxygen atoms in total. The summed E-state index contributed by atoms with van der Waals surface area (Å²) >= 11 is 3.45. The van der Waals surface area contributed by atoms with Crippen LogP contribution in [-0.2, 0) is 0 Å². The summed E-state index contributed by atoms with van der Waals surface area (Å²) in [5.41, 5.74) is 8.13. The van der Waals surface area contributed by atoms with E-state index in [9.17, 15) is 0 Å². The molecule has 0 fully saturated rings. The summed E-state index contributed by atoms with van der Waals surface area (Å²) in [4.78, 5) is 0. The van der Waals surface area contributed by atoms with E-state index in [4.69, 9.17) is 10.5 Å². The molecule has 0 radical (unpaired) electrons. The Kier molecular flexibility index (Phi) is 4.04. The first-order chi connectivity index (χ1) is 8.56. The zero-order chi connectivity index (χ0) is 13.1. The highest BCUT2D eigenvalue weighted by molar-refractivity contribution is 9.10. The lowest BCUT2D eigenvalue weighted by Gasteiger charge is -2.14. The Morgan fingerprint density at radius 1 is 1.17 bits per heavy atom. The summed E-state index contributed by atoms with van der Waals surface area (Å²) in [6.07, 6.45) is 0. The summed E-state index contributed by atoms with van der Waals surface area (Å²) in [5, 5.41) is 0. The van der Waals surface area contributed by atoms with Gasteiger partial charge in [-0.15, -0.1) is 0 Å². The summed E-state index contributed by atoms with van der Waals surface area (Å²) in [5.74, 6) is 1.64. The van der Waals surface area contributed by atoms with Crippen molar-refractivity contribution >= 4 is 15.9 Å². The molecule has 0 spiro atoms. The van der Waals surface area contributed by atoms with Gasteiger partial charge in [0, 0.05) is 16.1 Å². The van der Waals surface area contributed by atoms with Crippen molar-refractivity contribution in [3.05, 3.63) is 58.1 Å². The molecular weight excluding hydrogens is 290 g/mol. The van der Waals surface area contributed by atoms with Crippen molar-refractivity contribution in [2.45, 2.75) is 19.9 Å². The van der Waals surface area contributed by atoms with E-state index in [0.717, 1.165) is 21.5 Å². The van der Waals surface area contributed by atoms with Gasteiger partial charge in [-0.2, -0.15) is 0 Å². The summed E-state index contributed by atoms with van der Waals surface area (Å²) in [7, 11) is 0. The predicted octanol–water partition coefficient (Wildman–Crippen LogP) is 4.57. The smallest absolute Gasteiger partial charge is 0.132 e. The van der Waals surface area contributed by atoms with Gasteiger partial charge in [0.2, 0.25) is 0 Å². The van der Waals surface area contributed by atoms with Crippen molar-refractivity contribution in [2.24, 2.45) is 5.73 Å². The standard InChI is InChI=1S/C15H16BrNO/c1-10-4-3-5-13(8-10)18-15-7-6-12(16)9-14(15)11(2)17/h3-9,11H,17H2,1-2H3. The van der Waals surface area contributed by atoms with Crippen LogP contribution >= 0.6 is 15.9 Å². The monoisotopic (exact) mass is 305 g/mol. The average molecular weight is 306 g/mol. The second-order valence-electron chi connectivity index (χ2n) is 4.39. The second kappa shape index (κ2) is 5.55. The van der Waals surface area contributed by atoms with E-state index in [1.807, 2.05) is 56.3 Å². The topological polar surface area (TPSA) is 35.2 Å². The minimum atomic E-state index is -0.0673. The molecule has 2 aromatic carbocycles. The Balaban J connectivity index is 2.34. The molecule has 0 saturated heterocycles. The van der Waals surface area contributed by atoms with E-state index in [0.29, 0.717) is 0 Å². The molecule has 18 heavy (non-hydrogen) atoms. The highest BCUT2D eigenvalue weighted by Gasteiger charge is 2.09. The summed E-state index contributed by atoms with van der Waals surface area (Å²) in [6.45, 7) is 3.99. The molecule has 0 aromatic heterocycles. The minimum Gasteiger partial charge on any atom is -0.457 e. The molecule has 0 bridgehead atoms. The van der Waals surface area contributed by atoms with Crippen LogP contribution < -0.4 is 10.5 Å². The molecule has 3 heteroatoms. The molecule has 0 saturated carbocycles. The molecule has 0 amide bonds. The lowest BCUT2D eigenvalue weighted by Crippen LogP contribution is -2.06. The van der Waals surface area contributed by atoms with E-state index >= 15 is 0 Å². The van der Waals surface area contributed by atoms with E-state index in [1.165, 1.54) is 5.56 Å². The van der Waals surface area contributed by atoms with Crippen LogP contribution in [0.25, 0.3) is 0 Å². The molecule has 0 heterocycles. The third kappa shape index (κ3) is 3.12. The van der Waals surface area contributed by atoms with E-state index in [2.05, 4.69) is 15.9 Å². The lowest BCUT2D eigenvalue weighted by molar-refractivity contribution is 0.471. The van der Waals surface area contributed by atoms with Crippen molar-refractivity contribution in [3.63, 3.8) is 0 Å². The zero-order valence-corrected chi connectivity index (χ0v) is 12.1. The maximum Gasteiger partial charge on any atom is 0.132 e. The molecule has 2 N–H and O–H groups in total. The second-order valence-corrected chi connectivity index (χ2v) is 5.31. The van der Waals surface area contributed by atoms with Gasteiger partial charge in [0.1, 0.15) is 11.5 Å². The third-order valence-electron chi connectivity index (χ3n) is 2.68. The molecule has 2 rings (SSSR count). The normalized spacial score (nSPS) is 12.2. The first-order valence-electron chi connectivity index (χ1n) is 5.86. The van der Waals surface area contributed by atoms with Crippen LogP contribution in [0, 0.1) is 6.92 Å². The van der Waals surface area contributed by atoms with Crippen molar-refractivity contribution < 1.29 is 4.74 Å². The molecule has 2 aromatic rings. The van der Waals surface area contributed by atoms with Crippen LogP contribution in [0.3, 0.4) is 0 Å². The number of rotatable bonds is 3. The fraction of sp³-hybridized carbons (Fsp3) is 0.200. The molecule has 94 valence electrons. The largest absolute Gasteiger partial charge is 0.457 e. The van der Waals surface area contributed by atoms with Crippen LogP contribution in [0.15, 0.2) is 46.9 Å². The molecule has 1 atom stereocenters. The fourth-order valence-electron chi connectivity index (χ4n) is 1.77. The van der Waals surface area contributed by atoms with Crippen LogP contribution in [0.4, 0.5) is 0 Å². The van der Waals surface area contributed by atoms with E-state index in [-0.39, 0.29) is 6.04 Å². The Labute approximate surface area is 116 Å². The van der Waals surface area contributed by atoms with Crippen molar-refractivity contribution in [1.29, 1.82) is 0 Å². The van der Waals surface area contributed by atoms with Gasteiger partial charge in [-0.25, -0.2) is 0 Å². The van der Waals surface area contributed by atoms with Gasteiger partial charge in [0.15, 0.2) is 0 Å². The quantitative estimate of drug-likeness (QED) is 0.901. The number of ether oxygens (including phenoxy) is 1. The van der Waals surface area contributed by atoms with Gasteiger partial charge >= 0.3 is 0 Å². The SMILES string of the molecule is Cc1cccc(Oc2ccc(Br)cc2C(C)N)c1. The third-order valence-corrected chi connectivity index (χ3v) is 3.17. The van der Waals surface area contributed by atoms with Gasteiger partial charge in [-0.05, 0) is 49.7 Å². The van der Waals surface area contributed by atoms with Crippen molar-refractivity contribution in [3.8, 4) is 11.5 Å². The number of hydrogen-bond acceptors (Lipinski definition) is 2. The first kappa shape index (κ1) is 13.1.